The summed E-state index contributed by atoms with van der Waals surface area (Å²) in [4.78, 5) is 20.5. The molecule has 0 saturated carbocycles. The van der Waals surface area contributed by atoms with Gasteiger partial charge in [-0.15, -0.1) is 0 Å². The van der Waals surface area contributed by atoms with E-state index in [0.717, 1.165) is 31.7 Å². The Hall–Kier alpha value is -1.67. The van der Waals surface area contributed by atoms with E-state index in [2.05, 4.69) is 9.88 Å². The van der Waals surface area contributed by atoms with Crippen molar-refractivity contribution in [2.75, 3.05) is 49.9 Å². The van der Waals surface area contributed by atoms with E-state index in [9.17, 15) is 13.2 Å². The number of carbonyl (C=O) groups is 1. The number of hydrogen-bond donors (Lipinski definition) is 0. The van der Waals surface area contributed by atoms with Crippen LogP contribution in [-0.4, -0.2) is 73.5 Å². The fourth-order valence-electron chi connectivity index (χ4n) is 3.20. The minimum atomic E-state index is -3.28. The van der Waals surface area contributed by atoms with Gasteiger partial charge in [-0.2, -0.15) is 0 Å². The van der Waals surface area contributed by atoms with Crippen molar-refractivity contribution in [2.45, 2.75) is 19.3 Å². The molecule has 0 spiro atoms. The Morgan fingerprint density at radius 2 is 1.75 bits per heavy atom. The topological polar surface area (TPSA) is 73.8 Å². The molecule has 0 aliphatic carbocycles. The zero-order chi connectivity index (χ0) is 17.0. The van der Waals surface area contributed by atoms with E-state index >= 15 is 0 Å². The Labute approximate surface area is 143 Å². The fourth-order valence-corrected chi connectivity index (χ4v) is 4.70. The van der Waals surface area contributed by atoms with E-state index in [1.807, 2.05) is 18.2 Å². The lowest BCUT2D eigenvalue weighted by molar-refractivity contribution is -0.131. The predicted octanol–water partition coefficient (Wildman–Crippen LogP) is 0.546. The molecule has 0 radical (unpaired) electrons. The van der Waals surface area contributed by atoms with Crippen molar-refractivity contribution in [3.63, 3.8) is 0 Å². The Morgan fingerprint density at radius 3 is 2.38 bits per heavy atom. The lowest BCUT2D eigenvalue weighted by atomic mass is 10.3. The second-order valence-electron chi connectivity index (χ2n) is 6.23. The highest BCUT2D eigenvalue weighted by Gasteiger charge is 2.28. The summed E-state index contributed by atoms with van der Waals surface area (Å²) in [6.45, 7) is 3.86. The molecule has 0 unspecified atom stereocenters. The van der Waals surface area contributed by atoms with Crippen molar-refractivity contribution in [3.05, 3.63) is 24.4 Å². The normalized spacial score (nSPS) is 19.7. The van der Waals surface area contributed by atoms with E-state index in [0.29, 0.717) is 26.2 Å². The van der Waals surface area contributed by atoms with Gasteiger partial charge in [0.15, 0.2) is 0 Å². The first-order valence-corrected chi connectivity index (χ1v) is 10.1. The lowest BCUT2D eigenvalue weighted by Gasteiger charge is -2.35. The molecule has 0 N–H and O–H groups in total. The summed E-state index contributed by atoms with van der Waals surface area (Å²) < 4.78 is 25.9. The smallest absolute Gasteiger partial charge is 0.223 e. The number of carbonyl (C=O) groups excluding carboxylic acids is 1. The molecule has 1 aromatic heterocycles. The predicted molar refractivity (Wildman–Crippen MR) is 92.2 cm³/mol. The molecule has 132 valence electrons. The van der Waals surface area contributed by atoms with Gasteiger partial charge in [-0.25, -0.2) is 17.7 Å². The maximum absolute atomic E-state index is 12.3. The van der Waals surface area contributed by atoms with Crippen LogP contribution in [0.3, 0.4) is 0 Å². The minimum absolute atomic E-state index is 0.0709. The van der Waals surface area contributed by atoms with Gasteiger partial charge in [-0.1, -0.05) is 6.07 Å². The summed E-state index contributed by atoms with van der Waals surface area (Å²) in [5.41, 5.74) is 0. The number of nitrogens with zero attached hydrogens (tertiary/aromatic N) is 4. The van der Waals surface area contributed by atoms with Crippen molar-refractivity contribution in [3.8, 4) is 0 Å². The zero-order valence-corrected chi connectivity index (χ0v) is 14.6. The molecule has 2 saturated heterocycles. The summed E-state index contributed by atoms with van der Waals surface area (Å²) >= 11 is 0. The van der Waals surface area contributed by atoms with Crippen LogP contribution in [0.1, 0.15) is 19.3 Å². The second-order valence-corrected chi connectivity index (χ2v) is 8.32. The first-order valence-electron chi connectivity index (χ1n) is 8.48. The van der Waals surface area contributed by atoms with Gasteiger partial charge in [-0.05, 0) is 25.0 Å². The third-order valence-electron chi connectivity index (χ3n) is 4.64. The minimum Gasteiger partial charge on any atom is -0.353 e. The summed E-state index contributed by atoms with van der Waals surface area (Å²) in [5.74, 6) is 0.770. The highest BCUT2D eigenvalue weighted by molar-refractivity contribution is 7.89. The monoisotopic (exact) mass is 352 g/mol. The Balaban J connectivity index is 1.47. The molecule has 0 aromatic carbocycles. The third-order valence-corrected chi connectivity index (χ3v) is 6.51. The van der Waals surface area contributed by atoms with Gasteiger partial charge in [-0.3, -0.25) is 4.79 Å². The second kappa shape index (κ2) is 7.48. The molecule has 8 heteroatoms. The van der Waals surface area contributed by atoms with Gasteiger partial charge in [0, 0.05) is 51.9 Å². The molecule has 3 heterocycles. The molecule has 0 bridgehead atoms. The Bertz CT molecular complexity index is 651. The van der Waals surface area contributed by atoms with Crippen LogP contribution < -0.4 is 4.90 Å². The first kappa shape index (κ1) is 17.2. The molecule has 0 atom stereocenters. The van der Waals surface area contributed by atoms with Gasteiger partial charge in [0.05, 0.1) is 5.75 Å². The molecule has 24 heavy (non-hydrogen) atoms. The summed E-state index contributed by atoms with van der Waals surface area (Å²) in [6, 6.07) is 5.78. The van der Waals surface area contributed by atoms with Gasteiger partial charge < -0.3 is 9.80 Å². The van der Waals surface area contributed by atoms with Crippen LogP contribution in [0.15, 0.2) is 24.4 Å². The van der Waals surface area contributed by atoms with Crippen LogP contribution in [0.25, 0.3) is 0 Å². The SMILES string of the molecule is O=C(CCS(=O)(=O)N1CCCC1)N1CCN(c2ccccn2)CC1. The Morgan fingerprint density at radius 1 is 1.04 bits per heavy atom. The quantitative estimate of drug-likeness (QED) is 0.774. The number of aromatic nitrogens is 1. The van der Waals surface area contributed by atoms with Gasteiger partial charge >= 0.3 is 0 Å². The molecule has 2 aliphatic rings. The van der Waals surface area contributed by atoms with E-state index in [1.54, 1.807) is 11.1 Å². The lowest BCUT2D eigenvalue weighted by Crippen LogP contribution is -2.49. The number of hydrogen-bond acceptors (Lipinski definition) is 5. The van der Waals surface area contributed by atoms with E-state index in [1.165, 1.54) is 4.31 Å². The number of anilines is 1. The van der Waals surface area contributed by atoms with Crippen molar-refractivity contribution < 1.29 is 13.2 Å². The molecule has 2 aliphatic heterocycles. The van der Waals surface area contributed by atoms with Crippen LogP contribution >= 0.6 is 0 Å². The maximum Gasteiger partial charge on any atom is 0.223 e. The summed E-state index contributed by atoms with van der Waals surface area (Å²) in [7, 11) is -3.28. The number of sulfonamides is 1. The van der Waals surface area contributed by atoms with Crippen molar-refractivity contribution >= 4 is 21.7 Å². The largest absolute Gasteiger partial charge is 0.353 e. The summed E-state index contributed by atoms with van der Waals surface area (Å²) in [5, 5.41) is 0. The van der Waals surface area contributed by atoms with E-state index in [4.69, 9.17) is 0 Å². The maximum atomic E-state index is 12.3. The fraction of sp³-hybridized carbons (Fsp3) is 0.625. The number of piperazine rings is 1. The molecule has 1 aromatic rings. The highest BCUT2D eigenvalue weighted by atomic mass is 32.2. The standard InChI is InChI=1S/C16H24N4O3S/c21-16(6-14-24(22,23)20-8-3-4-9-20)19-12-10-18(11-13-19)15-5-1-2-7-17-15/h1-2,5,7H,3-4,6,8-14H2. The van der Waals surface area contributed by atoms with Crippen LogP contribution in [0.2, 0.25) is 0 Å². The zero-order valence-electron chi connectivity index (χ0n) is 13.8. The van der Waals surface area contributed by atoms with Crippen LogP contribution in [0, 0.1) is 0 Å². The molecular weight excluding hydrogens is 328 g/mol. The number of rotatable bonds is 5. The average molecular weight is 352 g/mol. The Kier molecular flexibility index (Phi) is 5.35. The van der Waals surface area contributed by atoms with E-state index < -0.39 is 10.0 Å². The first-order chi connectivity index (χ1) is 11.6. The van der Waals surface area contributed by atoms with Crippen LogP contribution in [0.4, 0.5) is 5.82 Å². The molecule has 3 rings (SSSR count). The molecule has 2 fully saturated rings. The van der Waals surface area contributed by atoms with Crippen molar-refractivity contribution in [1.82, 2.24) is 14.2 Å². The van der Waals surface area contributed by atoms with Crippen molar-refractivity contribution in [2.24, 2.45) is 0 Å². The van der Waals surface area contributed by atoms with Gasteiger partial charge in [0.1, 0.15) is 5.82 Å². The van der Waals surface area contributed by atoms with Gasteiger partial charge in [0.2, 0.25) is 15.9 Å². The number of amides is 1. The third kappa shape index (κ3) is 4.05. The van der Waals surface area contributed by atoms with E-state index in [-0.39, 0.29) is 18.1 Å². The molecule has 7 nitrogen and oxygen atoms in total. The summed E-state index contributed by atoms with van der Waals surface area (Å²) in [6.07, 6.45) is 3.67. The number of pyridine rings is 1. The highest BCUT2D eigenvalue weighted by Crippen LogP contribution is 2.16. The van der Waals surface area contributed by atoms with Gasteiger partial charge in [0.25, 0.3) is 0 Å². The van der Waals surface area contributed by atoms with Crippen LogP contribution in [0.5, 0.6) is 0 Å². The molecular formula is C16H24N4O3S. The van der Waals surface area contributed by atoms with Crippen LogP contribution in [-0.2, 0) is 14.8 Å². The average Bonchev–Trinajstić information content (AvgIpc) is 3.16. The molecule has 1 amide bonds. The van der Waals surface area contributed by atoms with Crippen molar-refractivity contribution in [1.29, 1.82) is 0 Å².